The number of hydrogen-bond donors (Lipinski definition) is 1. The van der Waals surface area contributed by atoms with Crippen LogP contribution in [-0.4, -0.2) is 44.4 Å². The average molecular weight is 237 g/mol. The number of carbonyl (C=O) groups excluding carboxylic acids is 1. The Bertz CT molecular complexity index is 445. The summed E-state index contributed by atoms with van der Waals surface area (Å²) in [5, 5.41) is 14.3. The van der Waals surface area contributed by atoms with Gasteiger partial charge < -0.3 is 10.0 Å². The molecule has 5 heteroatoms. The van der Waals surface area contributed by atoms with Crippen LogP contribution in [0, 0.1) is 12.8 Å². The highest BCUT2D eigenvalue weighted by atomic mass is 16.3. The van der Waals surface area contributed by atoms with Gasteiger partial charge in [0.05, 0.1) is 24.3 Å². The summed E-state index contributed by atoms with van der Waals surface area (Å²) in [4.78, 5) is 13.8. The Hall–Kier alpha value is -1.36. The molecule has 0 radical (unpaired) electrons. The molecule has 5 nitrogen and oxygen atoms in total. The second kappa shape index (κ2) is 3.84. The molecule has 0 aliphatic carbocycles. The van der Waals surface area contributed by atoms with Crippen LogP contribution >= 0.6 is 0 Å². The molecule has 1 aliphatic heterocycles. The highest BCUT2D eigenvalue weighted by Gasteiger charge is 2.46. The first-order chi connectivity index (χ1) is 7.83. The topological polar surface area (TPSA) is 58.4 Å². The van der Waals surface area contributed by atoms with Gasteiger partial charge in [-0.05, 0) is 12.8 Å². The summed E-state index contributed by atoms with van der Waals surface area (Å²) in [5.41, 5.74) is 0.641. The Morgan fingerprint density at radius 2 is 2.12 bits per heavy atom. The molecule has 1 N–H and O–H groups in total. The van der Waals surface area contributed by atoms with Gasteiger partial charge >= 0.3 is 0 Å². The largest absolute Gasteiger partial charge is 0.386 e. The standard InChI is InChI=1S/C12H19N3O2/c1-8(2)12(17)6-15(7-12)11(16)10-5-14(4)13-9(10)3/h5,8,17H,6-7H2,1-4H3. The summed E-state index contributed by atoms with van der Waals surface area (Å²) in [6.07, 6.45) is 1.73. The van der Waals surface area contributed by atoms with Crippen molar-refractivity contribution in [3.63, 3.8) is 0 Å². The molecule has 17 heavy (non-hydrogen) atoms. The van der Waals surface area contributed by atoms with Crippen molar-refractivity contribution in [3.05, 3.63) is 17.5 Å². The Morgan fingerprint density at radius 3 is 2.53 bits per heavy atom. The van der Waals surface area contributed by atoms with Gasteiger partial charge in [-0.3, -0.25) is 9.48 Å². The normalized spacial score (nSPS) is 18.4. The predicted molar refractivity (Wildman–Crippen MR) is 63.6 cm³/mol. The zero-order valence-corrected chi connectivity index (χ0v) is 10.8. The van der Waals surface area contributed by atoms with Crippen molar-refractivity contribution in [3.8, 4) is 0 Å². The summed E-state index contributed by atoms with van der Waals surface area (Å²) < 4.78 is 1.64. The van der Waals surface area contributed by atoms with Crippen LogP contribution in [-0.2, 0) is 7.05 Å². The lowest BCUT2D eigenvalue weighted by Crippen LogP contribution is -2.66. The van der Waals surface area contributed by atoms with Crippen molar-refractivity contribution in [2.45, 2.75) is 26.4 Å². The number of β-amino-alcohol motifs (C(OH)–C–C–N with tert-alkyl or cyclic N) is 1. The van der Waals surface area contributed by atoms with E-state index in [1.807, 2.05) is 20.8 Å². The zero-order chi connectivity index (χ0) is 12.8. The van der Waals surface area contributed by atoms with Crippen LogP contribution in [0.1, 0.15) is 29.9 Å². The van der Waals surface area contributed by atoms with Crippen molar-refractivity contribution in [2.75, 3.05) is 13.1 Å². The van der Waals surface area contributed by atoms with Crippen LogP contribution in [0.2, 0.25) is 0 Å². The molecule has 0 atom stereocenters. The molecule has 0 aromatic carbocycles. The lowest BCUT2D eigenvalue weighted by molar-refractivity contribution is -0.110. The lowest BCUT2D eigenvalue weighted by atomic mass is 9.82. The van der Waals surface area contributed by atoms with Gasteiger partial charge in [-0.15, -0.1) is 0 Å². The molecular weight excluding hydrogens is 218 g/mol. The first-order valence-corrected chi connectivity index (χ1v) is 5.85. The fourth-order valence-electron chi connectivity index (χ4n) is 2.10. The molecule has 1 aliphatic rings. The van der Waals surface area contributed by atoms with E-state index in [1.165, 1.54) is 0 Å². The molecule has 1 aromatic rings. The van der Waals surface area contributed by atoms with Crippen LogP contribution in [0.15, 0.2) is 6.20 Å². The molecule has 0 saturated carbocycles. The molecule has 0 unspecified atom stereocenters. The number of aryl methyl sites for hydroxylation is 2. The minimum atomic E-state index is -0.716. The SMILES string of the molecule is Cc1nn(C)cc1C(=O)N1CC(O)(C(C)C)C1. The highest BCUT2D eigenvalue weighted by molar-refractivity contribution is 5.95. The van der Waals surface area contributed by atoms with Crippen molar-refractivity contribution in [1.82, 2.24) is 14.7 Å². The minimum absolute atomic E-state index is 0.0408. The van der Waals surface area contributed by atoms with E-state index in [-0.39, 0.29) is 11.8 Å². The van der Waals surface area contributed by atoms with Crippen molar-refractivity contribution < 1.29 is 9.90 Å². The van der Waals surface area contributed by atoms with E-state index in [4.69, 9.17) is 0 Å². The zero-order valence-electron chi connectivity index (χ0n) is 10.8. The van der Waals surface area contributed by atoms with E-state index in [1.54, 1.807) is 22.8 Å². The minimum Gasteiger partial charge on any atom is -0.386 e. The monoisotopic (exact) mass is 237 g/mol. The number of amides is 1. The fraction of sp³-hybridized carbons (Fsp3) is 0.667. The Morgan fingerprint density at radius 1 is 1.53 bits per heavy atom. The third-order valence-electron chi connectivity index (χ3n) is 3.54. The van der Waals surface area contributed by atoms with Gasteiger partial charge in [0.2, 0.25) is 0 Å². The van der Waals surface area contributed by atoms with Gasteiger partial charge in [-0.1, -0.05) is 13.8 Å². The number of carbonyl (C=O) groups is 1. The third-order valence-corrected chi connectivity index (χ3v) is 3.54. The highest BCUT2D eigenvalue weighted by Crippen LogP contribution is 2.29. The van der Waals surface area contributed by atoms with Crippen molar-refractivity contribution in [2.24, 2.45) is 13.0 Å². The Kier molecular flexibility index (Phi) is 2.73. The van der Waals surface area contributed by atoms with E-state index in [9.17, 15) is 9.90 Å². The van der Waals surface area contributed by atoms with Gasteiger partial charge in [-0.25, -0.2) is 0 Å². The average Bonchev–Trinajstić information content (AvgIpc) is 2.51. The predicted octanol–water partition coefficient (Wildman–Crippen LogP) is 0.571. The molecule has 1 amide bonds. The molecule has 94 valence electrons. The van der Waals surface area contributed by atoms with Gasteiger partial charge in [-0.2, -0.15) is 5.10 Å². The van der Waals surface area contributed by atoms with E-state index in [0.29, 0.717) is 18.7 Å². The van der Waals surface area contributed by atoms with Crippen LogP contribution in [0.5, 0.6) is 0 Å². The van der Waals surface area contributed by atoms with Crippen LogP contribution in [0.25, 0.3) is 0 Å². The van der Waals surface area contributed by atoms with Gasteiger partial charge in [0.1, 0.15) is 5.60 Å². The molecule has 1 fully saturated rings. The number of aromatic nitrogens is 2. The number of likely N-dealkylation sites (tertiary alicyclic amines) is 1. The number of hydrogen-bond acceptors (Lipinski definition) is 3. The first-order valence-electron chi connectivity index (χ1n) is 5.85. The van der Waals surface area contributed by atoms with Crippen molar-refractivity contribution in [1.29, 1.82) is 0 Å². The van der Waals surface area contributed by atoms with Crippen molar-refractivity contribution >= 4 is 5.91 Å². The van der Waals surface area contributed by atoms with Crippen LogP contribution in [0.4, 0.5) is 0 Å². The smallest absolute Gasteiger partial charge is 0.257 e. The third kappa shape index (κ3) is 1.95. The van der Waals surface area contributed by atoms with Crippen LogP contribution < -0.4 is 0 Å². The lowest BCUT2D eigenvalue weighted by Gasteiger charge is -2.48. The molecule has 1 aromatic heterocycles. The Labute approximate surface area is 101 Å². The molecule has 2 rings (SSSR count). The molecule has 0 bridgehead atoms. The van der Waals surface area contributed by atoms with E-state index in [0.717, 1.165) is 5.69 Å². The molecule has 2 heterocycles. The summed E-state index contributed by atoms with van der Waals surface area (Å²) >= 11 is 0. The maximum Gasteiger partial charge on any atom is 0.257 e. The summed E-state index contributed by atoms with van der Waals surface area (Å²) in [6, 6.07) is 0. The van der Waals surface area contributed by atoms with E-state index in [2.05, 4.69) is 5.10 Å². The number of rotatable bonds is 2. The van der Waals surface area contributed by atoms with Gasteiger partial charge in [0, 0.05) is 13.2 Å². The van der Waals surface area contributed by atoms with E-state index < -0.39 is 5.60 Å². The second-order valence-corrected chi connectivity index (χ2v) is 5.22. The molecule has 1 saturated heterocycles. The first kappa shape index (κ1) is 12.1. The molecular formula is C12H19N3O2. The van der Waals surface area contributed by atoms with Gasteiger partial charge in [0.25, 0.3) is 5.91 Å². The number of aliphatic hydroxyl groups is 1. The second-order valence-electron chi connectivity index (χ2n) is 5.22. The Balaban J connectivity index is 2.08. The quantitative estimate of drug-likeness (QED) is 0.818. The fourth-order valence-corrected chi connectivity index (χ4v) is 2.10. The summed E-state index contributed by atoms with van der Waals surface area (Å²) in [6.45, 7) is 6.59. The maximum absolute atomic E-state index is 12.1. The van der Waals surface area contributed by atoms with Crippen LogP contribution in [0.3, 0.4) is 0 Å². The summed E-state index contributed by atoms with van der Waals surface area (Å²) in [7, 11) is 1.80. The van der Waals surface area contributed by atoms with Gasteiger partial charge in [0.15, 0.2) is 0 Å². The number of nitrogens with zero attached hydrogens (tertiary/aromatic N) is 3. The maximum atomic E-state index is 12.1. The molecule has 0 spiro atoms. The van der Waals surface area contributed by atoms with E-state index >= 15 is 0 Å². The summed E-state index contributed by atoms with van der Waals surface area (Å²) in [5.74, 6) is 0.127.